The van der Waals surface area contributed by atoms with Gasteiger partial charge in [0.05, 0.1) is 24.3 Å². The van der Waals surface area contributed by atoms with Crippen molar-refractivity contribution >= 4 is 9.84 Å². The second-order valence-electron chi connectivity index (χ2n) is 4.37. The van der Waals surface area contributed by atoms with Gasteiger partial charge in [-0.25, -0.2) is 13.4 Å². The summed E-state index contributed by atoms with van der Waals surface area (Å²) in [5, 5.41) is 3.81. The molecule has 0 bridgehead atoms. The van der Waals surface area contributed by atoms with Crippen LogP contribution in [0.1, 0.15) is 18.4 Å². The van der Waals surface area contributed by atoms with E-state index in [1.54, 1.807) is 17.1 Å². The van der Waals surface area contributed by atoms with Crippen molar-refractivity contribution in [2.24, 2.45) is 12.8 Å². The molecule has 0 radical (unpaired) electrons. The van der Waals surface area contributed by atoms with Gasteiger partial charge < -0.3 is 14.8 Å². The lowest BCUT2D eigenvalue weighted by Gasteiger charge is -2.04. The van der Waals surface area contributed by atoms with Crippen LogP contribution in [0.3, 0.4) is 0 Å². The molecule has 0 spiro atoms. The van der Waals surface area contributed by atoms with Crippen LogP contribution >= 0.6 is 0 Å². The molecule has 0 aromatic carbocycles. The predicted molar refractivity (Wildman–Crippen MR) is 67.8 cm³/mol. The van der Waals surface area contributed by atoms with Gasteiger partial charge in [0.25, 0.3) is 0 Å². The van der Waals surface area contributed by atoms with Gasteiger partial charge in [-0.3, -0.25) is 0 Å². The summed E-state index contributed by atoms with van der Waals surface area (Å²) >= 11 is 0. The van der Waals surface area contributed by atoms with E-state index in [0.29, 0.717) is 11.5 Å². The van der Waals surface area contributed by atoms with Crippen LogP contribution in [0, 0.1) is 0 Å². The summed E-state index contributed by atoms with van der Waals surface area (Å²) in [6.45, 7) is 0. The van der Waals surface area contributed by atoms with Gasteiger partial charge in [-0.05, 0) is 6.42 Å². The highest BCUT2D eigenvalue weighted by molar-refractivity contribution is 7.90. The molecule has 9 heteroatoms. The molecule has 2 rings (SSSR count). The van der Waals surface area contributed by atoms with Crippen LogP contribution in [-0.2, 0) is 16.9 Å². The van der Waals surface area contributed by atoms with Crippen molar-refractivity contribution in [1.29, 1.82) is 0 Å². The molecular weight excluding hydrogens is 270 g/mol. The first kappa shape index (κ1) is 13.7. The van der Waals surface area contributed by atoms with Crippen LogP contribution < -0.4 is 5.73 Å². The summed E-state index contributed by atoms with van der Waals surface area (Å²) in [7, 11) is -1.25. The summed E-state index contributed by atoms with van der Waals surface area (Å²) in [6, 6.07) is -0.593. The number of hydrogen-bond acceptors (Lipinski definition) is 7. The molecule has 0 saturated heterocycles. The first-order valence-corrected chi connectivity index (χ1v) is 7.66. The molecule has 8 nitrogen and oxygen atoms in total. The quantitative estimate of drug-likeness (QED) is 0.815. The van der Waals surface area contributed by atoms with Crippen LogP contribution in [0.25, 0.3) is 11.5 Å². The number of sulfone groups is 1. The van der Waals surface area contributed by atoms with Crippen LogP contribution in [0.4, 0.5) is 0 Å². The second-order valence-corrected chi connectivity index (χ2v) is 6.63. The number of aromatic nitrogens is 4. The van der Waals surface area contributed by atoms with Gasteiger partial charge >= 0.3 is 0 Å². The third-order valence-electron chi connectivity index (χ3n) is 2.60. The van der Waals surface area contributed by atoms with Crippen LogP contribution in [0.5, 0.6) is 0 Å². The van der Waals surface area contributed by atoms with E-state index in [1.165, 1.54) is 0 Å². The molecule has 2 N–H and O–H groups in total. The van der Waals surface area contributed by atoms with Gasteiger partial charge in [0.2, 0.25) is 11.7 Å². The first-order valence-electron chi connectivity index (χ1n) is 5.60. The number of rotatable bonds is 5. The molecule has 2 aromatic rings. The van der Waals surface area contributed by atoms with Gasteiger partial charge in [-0.1, -0.05) is 5.16 Å². The van der Waals surface area contributed by atoms with E-state index in [4.69, 9.17) is 10.3 Å². The fraction of sp³-hybridized carbons (Fsp3) is 0.500. The summed E-state index contributed by atoms with van der Waals surface area (Å²) in [5.41, 5.74) is 6.52. The molecule has 0 saturated carbocycles. The minimum Gasteiger partial charge on any atom is -0.337 e. The molecule has 104 valence electrons. The molecule has 1 atom stereocenters. The topological polar surface area (TPSA) is 117 Å². The maximum atomic E-state index is 11.1. The summed E-state index contributed by atoms with van der Waals surface area (Å²) in [6.07, 6.45) is 4.63. The van der Waals surface area contributed by atoms with Crippen LogP contribution in [-0.4, -0.2) is 40.1 Å². The lowest BCUT2D eigenvalue weighted by molar-refractivity contribution is 0.352. The molecule has 0 fully saturated rings. The monoisotopic (exact) mass is 285 g/mol. The zero-order chi connectivity index (χ0) is 14.0. The van der Waals surface area contributed by atoms with Crippen molar-refractivity contribution in [2.75, 3.05) is 12.0 Å². The Morgan fingerprint density at radius 1 is 1.53 bits per heavy atom. The van der Waals surface area contributed by atoms with E-state index < -0.39 is 15.9 Å². The Morgan fingerprint density at radius 3 is 2.84 bits per heavy atom. The number of hydrogen-bond donors (Lipinski definition) is 1. The van der Waals surface area contributed by atoms with E-state index in [1.807, 2.05) is 7.05 Å². The van der Waals surface area contributed by atoms with Crippen molar-refractivity contribution in [3.8, 4) is 11.5 Å². The Hall–Kier alpha value is -1.74. The van der Waals surface area contributed by atoms with E-state index in [9.17, 15) is 8.42 Å². The van der Waals surface area contributed by atoms with Crippen LogP contribution in [0.2, 0.25) is 0 Å². The number of nitrogens with zero attached hydrogens (tertiary/aromatic N) is 4. The molecular formula is C10H15N5O3S. The van der Waals surface area contributed by atoms with E-state index in [0.717, 1.165) is 6.26 Å². The second kappa shape index (κ2) is 5.10. The van der Waals surface area contributed by atoms with Crippen molar-refractivity contribution in [3.05, 3.63) is 18.4 Å². The number of nitrogens with two attached hydrogens (primary N) is 1. The molecule has 0 aliphatic rings. The Morgan fingerprint density at radius 2 is 2.26 bits per heavy atom. The van der Waals surface area contributed by atoms with Crippen molar-refractivity contribution in [2.45, 2.75) is 12.5 Å². The lowest BCUT2D eigenvalue weighted by Crippen LogP contribution is -2.16. The van der Waals surface area contributed by atoms with Crippen molar-refractivity contribution in [3.63, 3.8) is 0 Å². The Labute approximate surface area is 110 Å². The Balaban J connectivity index is 2.11. The van der Waals surface area contributed by atoms with Crippen molar-refractivity contribution in [1.82, 2.24) is 19.7 Å². The SMILES string of the molecule is Cn1cncc1-c1noc(C(N)CCS(C)(=O)=O)n1. The van der Waals surface area contributed by atoms with E-state index in [-0.39, 0.29) is 18.1 Å². The van der Waals surface area contributed by atoms with Gasteiger partial charge in [-0.15, -0.1) is 0 Å². The van der Waals surface area contributed by atoms with Gasteiger partial charge in [-0.2, -0.15) is 4.98 Å². The molecule has 2 aromatic heterocycles. The summed E-state index contributed by atoms with van der Waals surface area (Å²) in [5.74, 6) is 0.585. The lowest BCUT2D eigenvalue weighted by atomic mass is 10.2. The van der Waals surface area contributed by atoms with Gasteiger partial charge in [0.15, 0.2) is 0 Å². The standard InChI is InChI=1S/C10H15N5O3S/c1-15-6-12-5-8(15)9-13-10(18-14-9)7(11)3-4-19(2,16)17/h5-7H,3-4,11H2,1-2H3. The maximum absolute atomic E-state index is 11.1. The molecule has 0 aliphatic heterocycles. The highest BCUT2D eigenvalue weighted by Crippen LogP contribution is 2.18. The van der Waals surface area contributed by atoms with E-state index >= 15 is 0 Å². The number of imidazole rings is 1. The van der Waals surface area contributed by atoms with Crippen molar-refractivity contribution < 1.29 is 12.9 Å². The largest absolute Gasteiger partial charge is 0.337 e. The minimum atomic E-state index is -3.05. The molecule has 2 heterocycles. The van der Waals surface area contributed by atoms with Gasteiger partial charge in [0, 0.05) is 13.3 Å². The third-order valence-corrected chi connectivity index (χ3v) is 3.58. The zero-order valence-electron chi connectivity index (χ0n) is 10.6. The number of aryl methyl sites for hydroxylation is 1. The Kier molecular flexibility index (Phi) is 3.67. The average Bonchev–Trinajstić information content (AvgIpc) is 2.93. The minimum absolute atomic E-state index is 0.0163. The molecule has 0 aliphatic carbocycles. The third kappa shape index (κ3) is 3.38. The smallest absolute Gasteiger partial charge is 0.243 e. The highest BCUT2D eigenvalue weighted by Gasteiger charge is 2.18. The predicted octanol–water partition coefficient (Wildman–Crippen LogP) is -0.0954. The van der Waals surface area contributed by atoms with Gasteiger partial charge in [0.1, 0.15) is 15.5 Å². The Bertz CT molecular complexity index is 660. The fourth-order valence-corrected chi connectivity index (χ4v) is 2.21. The fourth-order valence-electron chi connectivity index (χ4n) is 1.53. The first-order chi connectivity index (χ1) is 8.87. The molecule has 0 amide bonds. The summed E-state index contributed by atoms with van der Waals surface area (Å²) < 4.78 is 28.9. The van der Waals surface area contributed by atoms with Crippen LogP contribution in [0.15, 0.2) is 17.0 Å². The molecule has 19 heavy (non-hydrogen) atoms. The normalized spacial score (nSPS) is 13.6. The molecule has 1 unspecified atom stereocenters. The average molecular weight is 285 g/mol. The maximum Gasteiger partial charge on any atom is 0.243 e. The highest BCUT2D eigenvalue weighted by atomic mass is 32.2. The zero-order valence-corrected chi connectivity index (χ0v) is 11.5. The summed E-state index contributed by atoms with van der Waals surface area (Å²) in [4.78, 5) is 8.11. The van der Waals surface area contributed by atoms with E-state index in [2.05, 4.69) is 15.1 Å².